The summed E-state index contributed by atoms with van der Waals surface area (Å²) >= 11 is 0. The van der Waals surface area contributed by atoms with Gasteiger partial charge in [-0.15, -0.1) is 0 Å². The second kappa shape index (κ2) is 8.87. The number of carbonyl (C=O) groups is 1. The van der Waals surface area contributed by atoms with Gasteiger partial charge in [0.25, 0.3) is 0 Å². The number of ketones is 1. The van der Waals surface area contributed by atoms with Crippen molar-refractivity contribution >= 4 is 28.2 Å². The number of allylic oxidation sites excluding steroid dienone is 1. The number of H-pyrrole nitrogens is 1. The van der Waals surface area contributed by atoms with Gasteiger partial charge in [0.05, 0.1) is 40.9 Å². The molecule has 1 aliphatic heterocycles. The van der Waals surface area contributed by atoms with Crippen LogP contribution in [0, 0.1) is 11.3 Å². The van der Waals surface area contributed by atoms with E-state index < -0.39 is 0 Å². The average molecular weight is 505 g/mol. The van der Waals surface area contributed by atoms with E-state index in [4.69, 9.17) is 4.98 Å². The fourth-order valence-corrected chi connectivity index (χ4v) is 6.05. The van der Waals surface area contributed by atoms with Crippen LogP contribution in [0.4, 0.5) is 11.4 Å². The number of aromatic nitrogens is 2. The lowest BCUT2D eigenvalue weighted by atomic mass is 9.72. The molecule has 0 bridgehead atoms. The van der Waals surface area contributed by atoms with Crippen LogP contribution in [0.1, 0.15) is 64.0 Å². The van der Waals surface area contributed by atoms with E-state index >= 15 is 0 Å². The Balaban J connectivity index is 1.54. The van der Waals surface area contributed by atoms with E-state index in [-0.39, 0.29) is 28.6 Å². The summed E-state index contributed by atoms with van der Waals surface area (Å²) in [6.45, 7) is 11.5. The maximum atomic E-state index is 14.0. The third kappa shape index (κ3) is 4.40. The molecule has 38 heavy (non-hydrogen) atoms. The van der Waals surface area contributed by atoms with Crippen molar-refractivity contribution in [1.82, 2.24) is 9.97 Å². The maximum Gasteiger partial charge on any atom is 0.145 e. The summed E-state index contributed by atoms with van der Waals surface area (Å²) in [5.41, 5.74) is 7.32. The van der Waals surface area contributed by atoms with Crippen LogP contribution < -0.4 is 10.2 Å². The number of hydrogen-bond acceptors (Lipinski definition) is 4. The zero-order chi connectivity index (χ0) is 26.7. The predicted molar refractivity (Wildman–Crippen MR) is 155 cm³/mol. The molecule has 2 atom stereocenters. The van der Waals surface area contributed by atoms with E-state index in [0.29, 0.717) is 13.0 Å². The van der Waals surface area contributed by atoms with Crippen LogP contribution in [0.3, 0.4) is 0 Å². The van der Waals surface area contributed by atoms with Crippen molar-refractivity contribution in [3.05, 3.63) is 102 Å². The summed E-state index contributed by atoms with van der Waals surface area (Å²) in [4.78, 5) is 24.8. The summed E-state index contributed by atoms with van der Waals surface area (Å²) in [6, 6.07) is 25.2. The first kappa shape index (κ1) is 24.5. The number of hydrogen-bond donors (Lipinski definition) is 2. The molecule has 1 aliphatic carbocycles. The highest BCUT2D eigenvalue weighted by Gasteiger charge is 2.44. The van der Waals surface area contributed by atoms with Gasteiger partial charge in [-0.25, -0.2) is 4.98 Å². The third-order valence-corrected chi connectivity index (χ3v) is 7.88. The Morgan fingerprint density at radius 3 is 2.42 bits per heavy atom. The van der Waals surface area contributed by atoms with Crippen molar-refractivity contribution in [3.8, 4) is 0 Å². The van der Waals surface area contributed by atoms with Crippen LogP contribution in [-0.2, 0) is 16.8 Å². The fraction of sp³-hybridized carbons (Fsp3) is 0.333. The van der Waals surface area contributed by atoms with Crippen LogP contribution in [-0.4, -0.2) is 15.8 Å². The standard InChI is InChI=1S/C33H36N4O/c1-32(2,3)22-16-14-21(15-17-22)31-30-26(18-33(4,5)19-28(30)38)34-25-12-8-9-13-27(25)37(31)20-29-35-23-10-6-7-11-24(23)36-29/h6-18,30-31,34H,19-20H2,1-5H3,(H,35,36)/t30-,31+/m0/s1. The van der Waals surface area contributed by atoms with E-state index in [1.54, 1.807) is 0 Å². The molecule has 6 rings (SSSR count). The first-order valence-electron chi connectivity index (χ1n) is 13.5. The van der Waals surface area contributed by atoms with Crippen LogP contribution in [0.5, 0.6) is 0 Å². The number of nitrogens with one attached hydrogen (secondary N) is 2. The average Bonchev–Trinajstić information content (AvgIpc) is 3.21. The summed E-state index contributed by atoms with van der Waals surface area (Å²) in [5.74, 6) is 0.848. The van der Waals surface area contributed by atoms with Gasteiger partial charge in [0.15, 0.2) is 0 Å². The molecule has 0 spiro atoms. The monoisotopic (exact) mass is 504 g/mol. The smallest absolute Gasteiger partial charge is 0.145 e. The SMILES string of the molecule is CC1(C)C=C2Nc3ccccc3N(Cc3nc4ccccc4[nH]3)[C@H](c3ccc(C(C)(C)C)cc3)[C@@H]2C(=O)C1. The second-order valence-corrected chi connectivity index (χ2v) is 12.5. The second-order valence-electron chi connectivity index (χ2n) is 12.5. The molecule has 5 heteroatoms. The number of para-hydroxylation sites is 4. The van der Waals surface area contributed by atoms with Gasteiger partial charge >= 0.3 is 0 Å². The van der Waals surface area contributed by atoms with E-state index in [1.807, 2.05) is 18.2 Å². The molecule has 1 aromatic heterocycles. The number of anilines is 2. The predicted octanol–water partition coefficient (Wildman–Crippen LogP) is 7.53. The van der Waals surface area contributed by atoms with Gasteiger partial charge in [-0.2, -0.15) is 0 Å². The minimum absolute atomic E-state index is 0.0554. The molecule has 194 valence electrons. The summed E-state index contributed by atoms with van der Waals surface area (Å²) < 4.78 is 0. The molecule has 0 saturated heterocycles. The highest BCUT2D eigenvalue weighted by atomic mass is 16.1. The van der Waals surface area contributed by atoms with Gasteiger partial charge in [0, 0.05) is 12.1 Å². The number of benzene rings is 3. The molecule has 3 aromatic carbocycles. The fourth-order valence-electron chi connectivity index (χ4n) is 6.05. The first-order chi connectivity index (χ1) is 18.1. The zero-order valence-electron chi connectivity index (χ0n) is 22.9. The molecule has 0 fully saturated rings. The van der Waals surface area contributed by atoms with Crippen LogP contribution in [0.25, 0.3) is 11.0 Å². The van der Waals surface area contributed by atoms with Crippen LogP contribution in [0.15, 0.2) is 84.6 Å². The van der Waals surface area contributed by atoms with Gasteiger partial charge in [-0.05, 0) is 46.2 Å². The Morgan fingerprint density at radius 1 is 0.974 bits per heavy atom. The molecule has 0 unspecified atom stereocenters. The molecule has 0 amide bonds. The molecule has 0 saturated carbocycles. The number of fused-ring (bicyclic) bond motifs is 3. The van der Waals surface area contributed by atoms with Gasteiger partial charge in [-0.1, -0.05) is 89.2 Å². The van der Waals surface area contributed by atoms with Crippen molar-refractivity contribution in [2.75, 3.05) is 10.2 Å². The number of rotatable bonds is 3. The molecular formula is C33H36N4O. The topological polar surface area (TPSA) is 61.0 Å². The summed E-state index contributed by atoms with van der Waals surface area (Å²) in [5, 5.41) is 3.69. The van der Waals surface area contributed by atoms with Gasteiger partial charge < -0.3 is 15.2 Å². The van der Waals surface area contributed by atoms with Crippen LogP contribution in [0.2, 0.25) is 0 Å². The van der Waals surface area contributed by atoms with Crippen molar-refractivity contribution in [2.24, 2.45) is 11.3 Å². The molecule has 4 aromatic rings. The Morgan fingerprint density at radius 2 is 1.68 bits per heavy atom. The first-order valence-corrected chi connectivity index (χ1v) is 13.5. The lowest BCUT2D eigenvalue weighted by molar-refractivity contribution is -0.124. The molecule has 2 aliphatic rings. The van der Waals surface area contributed by atoms with E-state index in [1.165, 1.54) is 5.56 Å². The number of carbonyl (C=O) groups excluding carboxylic acids is 1. The van der Waals surface area contributed by atoms with E-state index in [0.717, 1.165) is 39.5 Å². The normalized spacial score (nSPS) is 20.8. The molecular weight excluding hydrogens is 468 g/mol. The van der Waals surface area contributed by atoms with Crippen molar-refractivity contribution in [1.29, 1.82) is 0 Å². The van der Waals surface area contributed by atoms with Crippen molar-refractivity contribution in [2.45, 2.75) is 59.0 Å². The van der Waals surface area contributed by atoms with E-state index in [2.05, 4.69) is 110 Å². The van der Waals surface area contributed by atoms with Gasteiger partial charge in [-0.3, -0.25) is 4.79 Å². The molecule has 2 heterocycles. The number of imidazole rings is 1. The summed E-state index contributed by atoms with van der Waals surface area (Å²) in [7, 11) is 0. The van der Waals surface area contributed by atoms with Crippen LogP contribution >= 0.6 is 0 Å². The Bertz CT molecular complexity index is 1500. The van der Waals surface area contributed by atoms with Gasteiger partial charge in [0.2, 0.25) is 0 Å². The Kier molecular flexibility index (Phi) is 5.71. The van der Waals surface area contributed by atoms with Crippen molar-refractivity contribution < 1.29 is 4.79 Å². The molecule has 2 N–H and O–H groups in total. The minimum Gasteiger partial charge on any atom is -0.357 e. The lowest BCUT2D eigenvalue weighted by Crippen LogP contribution is -2.41. The highest BCUT2D eigenvalue weighted by Crippen LogP contribution is 2.49. The van der Waals surface area contributed by atoms with Crippen molar-refractivity contribution in [3.63, 3.8) is 0 Å². The Labute approximate surface area is 225 Å². The quantitative estimate of drug-likeness (QED) is 0.303. The third-order valence-electron chi connectivity index (χ3n) is 7.88. The largest absolute Gasteiger partial charge is 0.357 e. The minimum atomic E-state index is -0.305. The summed E-state index contributed by atoms with van der Waals surface area (Å²) in [6.07, 6.45) is 2.80. The van der Waals surface area contributed by atoms with E-state index in [9.17, 15) is 4.79 Å². The lowest BCUT2D eigenvalue weighted by Gasteiger charge is -2.40. The van der Waals surface area contributed by atoms with Gasteiger partial charge in [0.1, 0.15) is 11.6 Å². The highest BCUT2D eigenvalue weighted by molar-refractivity contribution is 5.90. The Hall–Kier alpha value is -3.86. The molecule has 0 radical (unpaired) electrons. The number of Topliss-reactive ketones (excluding diaryl/α,β-unsaturated/α-hetero) is 1. The number of aromatic amines is 1. The molecule has 5 nitrogen and oxygen atoms in total. The maximum absolute atomic E-state index is 14.0. The zero-order valence-corrected chi connectivity index (χ0v) is 22.9. The number of nitrogens with zero attached hydrogens (tertiary/aromatic N) is 2.